The molecular weight excluding hydrogens is 440 g/mol. The molecule has 0 spiro atoms. The Morgan fingerprint density at radius 3 is 2.66 bits per heavy atom. The van der Waals surface area contributed by atoms with E-state index in [1.807, 2.05) is 42.9 Å². The Kier molecular flexibility index (Phi) is 4.33. The highest BCUT2D eigenvalue weighted by atomic mass is 15.3. The first-order valence-electron chi connectivity index (χ1n) is 11.3. The number of hydrogen-bond acceptors (Lipinski definition) is 8. The van der Waals surface area contributed by atoms with Crippen LogP contribution in [0.1, 0.15) is 0 Å². The Bertz CT molecular complexity index is 1680. The number of nitrogens with one attached hydrogen (secondary N) is 2. The molecule has 7 rings (SSSR count). The van der Waals surface area contributed by atoms with Crippen LogP contribution in [0.3, 0.4) is 0 Å². The van der Waals surface area contributed by atoms with E-state index in [0.29, 0.717) is 5.69 Å². The van der Waals surface area contributed by atoms with Crippen molar-refractivity contribution in [2.75, 3.05) is 18.0 Å². The molecule has 0 aromatic carbocycles. The van der Waals surface area contributed by atoms with Crippen molar-refractivity contribution in [1.82, 2.24) is 40.1 Å². The molecule has 0 atom stereocenters. The molecule has 10 heteroatoms. The molecule has 6 aromatic heterocycles. The van der Waals surface area contributed by atoms with E-state index in [2.05, 4.69) is 41.1 Å². The Morgan fingerprint density at radius 1 is 0.886 bits per heavy atom. The van der Waals surface area contributed by atoms with Crippen LogP contribution in [0.5, 0.6) is 0 Å². The molecule has 0 aliphatic carbocycles. The number of rotatable bonds is 4. The van der Waals surface area contributed by atoms with Gasteiger partial charge in [0.25, 0.3) is 0 Å². The number of aromatic amines is 2. The first kappa shape index (κ1) is 19.7. The van der Waals surface area contributed by atoms with Gasteiger partial charge in [-0.2, -0.15) is 5.10 Å². The Labute approximate surface area is 199 Å². The number of hydrogen-bond donors (Lipinski definition) is 3. The van der Waals surface area contributed by atoms with Crippen LogP contribution in [0.15, 0.2) is 67.5 Å². The molecule has 1 aliphatic heterocycles. The lowest BCUT2D eigenvalue weighted by Crippen LogP contribution is -2.56. The number of pyridine rings is 3. The lowest BCUT2D eigenvalue weighted by molar-refractivity contribution is 0.514. The molecule has 6 aromatic rings. The molecule has 1 aliphatic rings. The van der Waals surface area contributed by atoms with Crippen molar-refractivity contribution < 1.29 is 0 Å². The maximum Gasteiger partial charge on any atom is 0.147 e. The quantitative estimate of drug-likeness (QED) is 0.365. The molecule has 7 heterocycles. The van der Waals surface area contributed by atoms with Gasteiger partial charge in [0, 0.05) is 54.2 Å². The molecular formula is C25H20N10. The minimum atomic E-state index is 0.189. The van der Waals surface area contributed by atoms with Crippen LogP contribution in [0.25, 0.3) is 55.8 Å². The van der Waals surface area contributed by atoms with Crippen molar-refractivity contribution in [3.05, 3.63) is 67.5 Å². The average molecular weight is 461 g/mol. The monoisotopic (exact) mass is 460 g/mol. The molecule has 1 fully saturated rings. The SMILES string of the molecule is NC1CN(c2cncc(-c3ccc4[nH]nc(-c5cc6c(-c7cccnc7)cncc6[nH]5)c4n3)n2)C1. The number of fused-ring (bicyclic) bond motifs is 2. The molecule has 1 saturated heterocycles. The normalized spacial score (nSPS) is 14.0. The highest BCUT2D eigenvalue weighted by Crippen LogP contribution is 2.33. The fourth-order valence-corrected chi connectivity index (χ4v) is 4.49. The Morgan fingerprint density at radius 2 is 1.80 bits per heavy atom. The summed E-state index contributed by atoms with van der Waals surface area (Å²) in [5.41, 5.74) is 13.5. The predicted octanol–water partition coefficient (Wildman–Crippen LogP) is 3.17. The van der Waals surface area contributed by atoms with E-state index in [-0.39, 0.29) is 6.04 Å². The minimum absolute atomic E-state index is 0.189. The van der Waals surface area contributed by atoms with Gasteiger partial charge in [-0.3, -0.25) is 20.1 Å². The van der Waals surface area contributed by atoms with Crippen LogP contribution >= 0.6 is 0 Å². The fraction of sp³-hybridized carbons (Fsp3) is 0.120. The van der Waals surface area contributed by atoms with Gasteiger partial charge in [0.15, 0.2) is 0 Å². The zero-order valence-corrected chi connectivity index (χ0v) is 18.6. The summed E-state index contributed by atoms with van der Waals surface area (Å²) in [6.45, 7) is 1.57. The van der Waals surface area contributed by atoms with Crippen molar-refractivity contribution in [3.63, 3.8) is 0 Å². The second-order valence-corrected chi connectivity index (χ2v) is 8.67. The topological polar surface area (TPSA) is 138 Å². The van der Waals surface area contributed by atoms with Crippen LogP contribution in [0, 0.1) is 0 Å². The number of anilines is 1. The lowest BCUT2D eigenvalue weighted by Gasteiger charge is -2.37. The smallest absolute Gasteiger partial charge is 0.147 e. The molecule has 170 valence electrons. The predicted molar refractivity (Wildman–Crippen MR) is 133 cm³/mol. The van der Waals surface area contributed by atoms with E-state index in [0.717, 1.165) is 69.1 Å². The summed E-state index contributed by atoms with van der Waals surface area (Å²) in [6, 6.07) is 10.1. The van der Waals surface area contributed by atoms with E-state index in [1.165, 1.54) is 0 Å². The lowest BCUT2D eigenvalue weighted by atomic mass is 10.1. The zero-order chi connectivity index (χ0) is 23.4. The third-order valence-electron chi connectivity index (χ3n) is 6.30. The van der Waals surface area contributed by atoms with Gasteiger partial charge in [-0.25, -0.2) is 9.97 Å². The molecule has 10 nitrogen and oxygen atoms in total. The molecule has 0 radical (unpaired) electrons. The third kappa shape index (κ3) is 3.30. The maximum atomic E-state index is 5.93. The largest absolute Gasteiger partial charge is 0.352 e. The molecule has 35 heavy (non-hydrogen) atoms. The number of nitrogens with zero attached hydrogens (tertiary/aromatic N) is 7. The van der Waals surface area contributed by atoms with Crippen molar-refractivity contribution in [3.8, 4) is 33.9 Å². The van der Waals surface area contributed by atoms with Gasteiger partial charge in [0.1, 0.15) is 22.7 Å². The van der Waals surface area contributed by atoms with Crippen LogP contribution < -0.4 is 10.6 Å². The van der Waals surface area contributed by atoms with Crippen LogP contribution in [0.2, 0.25) is 0 Å². The molecule has 0 amide bonds. The molecule has 4 N–H and O–H groups in total. The van der Waals surface area contributed by atoms with Crippen molar-refractivity contribution in [2.24, 2.45) is 5.73 Å². The number of nitrogens with two attached hydrogens (primary N) is 1. The van der Waals surface area contributed by atoms with Gasteiger partial charge in [-0.15, -0.1) is 0 Å². The highest BCUT2D eigenvalue weighted by Gasteiger charge is 2.25. The van der Waals surface area contributed by atoms with Gasteiger partial charge in [-0.1, -0.05) is 6.07 Å². The van der Waals surface area contributed by atoms with Gasteiger partial charge >= 0.3 is 0 Å². The Balaban J connectivity index is 1.31. The third-order valence-corrected chi connectivity index (χ3v) is 6.30. The standard InChI is InChI=1S/C25H20N10/c26-15-12-35(13-15)23-11-29-10-22(31-23)18-3-4-19-24(32-18)25(34-33-19)20-6-16-17(8-28-9-21(16)30-20)14-2-1-5-27-7-14/h1-11,15,30H,12-13,26H2,(H,33,34). The maximum absolute atomic E-state index is 5.93. The molecule has 0 saturated carbocycles. The van der Waals surface area contributed by atoms with Gasteiger partial charge in [0.2, 0.25) is 0 Å². The van der Waals surface area contributed by atoms with E-state index >= 15 is 0 Å². The fourth-order valence-electron chi connectivity index (χ4n) is 4.49. The Hall–Kier alpha value is -4.70. The summed E-state index contributed by atoms with van der Waals surface area (Å²) in [5.74, 6) is 0.810. The minimum Gasteiger partial charge on any atom is -0.352 e. The summed E-state index contributed by atoms with van der Waals surface area (Å²) in [7, 11) is 0. The van der Waals surface area contributed by atoms with E-state index in [1.54, 1.807) is 18.6 Å². The summed E-state index contributed by atoms with van der Waals surface area (Å²) in [4.78, 5) is 28.3. The second-order valence-electron chi connectivity index (χ2n) is 8.67. The van der Waals surface area contributed by atoms with Crippen LogP contribution in [-0.2, 0) is 0 Å². The first-order valence-corrected chi connectivity index (χ1v) is 11.3. The summed E-state index contributed by atoms with van der Waals surface area (Å²) in [5, 5.41) is 8.70. The van der Waals surface area contributed by atoms with Crippen LogP contribution in [0.4, 0.5) is 5.82 Å². The number of H-pyrrole nitrogens is 2. The number of aromatic nitrogens is 8. The van der Waals surface area contributed by atoms with Gasteiger partial charge in [-0.05, 0) is 24.3 Å². The summed E-state index contributed by atoms with van der Waals surface area (Å²) >= 11 is 0. The van der Waals surface area contributed by atoms with Crippen molar-refractivity contribution in [2.45, 2.75) is 6.04 Å². The zero-order valence-electron chi connectivity index (χ0n) is 18.6. The van der Waals surface area contributed by atoms with E-state index in [4.69, 9.17) is 15.7 Å². The highest BCUT2D eigenvalue weighted by molar-refractivity contribution is 5.99. The molecule has 0 unspecified atom stereocenters. The first-order chi connectivity index (χ1) is 17.2. The van der Waals surface area contributed by atoms with Gasteiger partial charge < -0.3 is 15.6 Å². The molecule has 0 bridgehead atoms. The van der Waals surface area contributed by atoms with Gasteiger partial charge in [0.05, 0.1) is 41.0 Å². The van der Waals surface area contributed by atoms with E-state index < -0.39 is 0 Å². The average Bonchev–Trinajstić information content (AvgIpc) is 3.51. The van der Waals surface area contributed by atoms with Crippen LogP contribution in [-0.4, -0.2) is 59.2 Å². The summed E-state index contributed by atoms with van der Waals surface area (Å²) < 4.78 is 0. The summed E-state index contributed by atoms with van der Waals surface area (Å²) in [6.07, 6.45) is 10.8. The van der Waals surface area contributed by atoms with E-state index in [9.17, 15) is 0 Å². The van der Waals surface area contributed by atoms with Crippen molar-refractivity contribution >= 4 is 27.8 Å². The van der Waals surface area contributed by atoms with Crippen molar-refractivity contribution in [1.29, 1.82) is 0 Å². The second kappa shape index (κ2) is 7.67.